The SMILES string of the molecule is O=C(NC1CCN(Cc2ccccc2)CC1)c1cc2occc2n1Cc1cccc([N+](=O)[O-])c1. The van der Waals surface area contributed by atoms with Crippen LogP contribution in [-0.4, -0.2) is 39.4 Å². The molecule has 5 rings (SSSR count). The summed E-state index contributed by atoms with van der Waals surface area (Å²) in [4.78, 5) is 26.4. The molecule has 1 aliphatic heterocycles. The fourth-order valence-corrected chi connectivity index (χ4v) is 4.62. The molecule has 3 heterocycles. The third-order valence-electron chi connectivity index (χ3n) is 6.39. The third-order valence-corrected chi connectivity index (χ3v) is 6.39. The van der Waals surface area contributed by atoms with Crippen molar-refractivity contribution >= 4 is 22.7 Å². The number of carbonyl (C=O) groups is 1. The number of aromatic nitrogens is 1. The van der Waals surface area contributed by atoms with Crippen molar-refractivity contribution in [1.29, 1.82) is 0 Å². The van der Waals surface area contributed by atoms with Gasteiger partial charge in [0.1, 0.15) is 5.69 Å². The number of non-ortho nitro benzene ring substituents is 1. The van der Waals surface area contributed by atoms with Crippen molar-refractivity contribution in [2.24, 2.45) is 0 Å². The number of hydrogen-bond acceptors (Lipinski definition) is 5. The molecule has 2 aromatic carbocycles. The topological polar surface area (TPSA) is 93.6 Å². The second kappa shape index (κ2) is 9.52. The van der Waals surface area contributed by atoms with E-state index in [1.807, 2.05) is 22.8 Å². The Morgan fingerprint density at radius 1 is 1.00 bits per heavy atom. The van der Waals surface area contributed by atoms with E-state index < -0.39 is 4.92 Å². The molecular weight excluding hydrogens is 432 g/mol. The quantitative estimate of drug-likeness (QED) is 0.323. The third kappa shape index (κ3) is 4.72. The summed E-state index contributed by atoms with van der Waals surface area (Å²) in [5.41, 5.74) is 3.97. The van der Waals surface area contributed by atoms with Crippen LogP contribution in [-0.2, 0) is 13.1 Å². The van der Waals surface area contributed by atoms with Crippen LogP contribution in [0, 0.1) is 10.1 Å². The zero-order valence-corrected chi connectivity index (χ0v) is 18.7. The van der Waals surface area contributed by atoms with Gasteiger partial charge in [0.25, 0.3) is 11.6 Å². The van der Waals surface area contributed by atoms with E-state index in [9.17, 15) is 14.9 Å². The fraction of sp³-hybridized carbons (Fsp3) is 0.269. The molecule has 0 bridgehead atoms. The largest absolute Gasteiger partial charge is 0.463 e. The lowest BCUT2D eigenvalue weighted by Gasteiger charge is -2.32. The molecule has 2 aromatic heterocycles. The van der Waals surface area contributed by atoms with Gasteiger partial charge >= 0.3 is 0 Å². The summed E-state index contributed by atoms with van der Waals surface area (Å²) in [6, 6.07) is 20.6. The van der Waals surface area contributed by atoms with Gasteiger partial charge in [-0.25, -0.2) is 0 Å². The molecule has 1 aliphatic rings. The molecule has 0 atom stereocenters. The Balaban J connectivity index is 1.27. The van der Waals surface area contributed by atoms with Crippen LogP contribution >= 0.6 is 0 Å². The van der Waals surface area contributed by atoms with Crippen LogP contribution in [0.25, 0.3) is 11.1 Å². The van der Waals surface area contributed by atoms with E-state index in [1.165, 1.54) is 17.7 Å². The van der Waals surface area contributed by atoms with Crippen LogP contribution in [0.15, 0.2) is 77.4 Å². The Kier molecular flexibility index (Phi) is 6.14. The number of nitrogens with zero attached hydrogens (tertiary/aromatic N) is 3. The van der Waals surface area contributed by atoms with Crippen molar-refractivity contribution in [3.05, 3.63) is 99.9 Å². The summed E-state index contributed by atoms with van der Waals surface area (Å²) in [6.45, 7) is 3.11. The van der Waals surface area contributed by atoms with Gasteiger partial charge in [-0.3, -0.25) is 19.8 Å². The second-order valence-electron chi connectivity index (χ2n) is 8.72. The van der Waals surface area contributed by atoms with Gasteiger partial charge in [0, 0.05) is 56.5 Å². The van der Waals surface area contributed by atoms with E-state index in [1.54, 1.807) is 18.4 Å². The minimum Gasteiger partial charge on any atom is -0.463 e. The Morgan fingerprint density at radius 3 is 2.53 bits per heavy atom. The number of nitro groups is 1. The van der Waals surface area contributed by atoms with Gasteiger partial charge in [-0.2, -0.15) is 0 Å². The molecule has 1 amide bonds. The van der Waals surface area contributed by atoms with Crippen molar-refractivity contribution in [1.82, 2.24) is 14.8 Å². The molecular formula is C26H26N4O4. The Hall–Kier alpha value is -3.91. The van der Waals surface area contributed by atoms with Crippen molar-refractivity contribution < 1.29 is 14.1 Å². The standard InChI is InChI=1S/C26H26N4O4/c31-26(27-21-9-12-28(13-10-21)17-19-5-2-1-3-6-19)24-16-25-23(11-14-34-25)29(24)18-20-7-4-8-22(15-20)30(32)33/h1-8,11,14-16,21H,9-10,12-13,17-18H2,(H,27,31). The molecule has 0 aliphatic carbocycles. The lowest BCUT2D eigenvalue weighted by atomic mass is 10.0. The maximum Gasteiger partial charge on any atom is 0.269 e. The van der Waals surface area contributed by atoms with Gasteiger partial charge in [0.15, 0.2) is 5.58 Å². The number of carbonyl (C=O) groups excluding carboxylic acids is 1. The highest BCUT2D eigenvalue weighted by molar-refractivity contribution is 5.97. The summed E-state index contributed by atoms with van der Waals surface area (Å²) >= 11 is 0. The van der Waals surface area contributed by atoms with Crippen LogP contribution in [0.4, 0.5) is 5.69 Å². The summed E-state index contributed by atoms with van der Waals surface area (Å²) in [5, 5.41) is 14.4. The molecule has 8 heteroatoms. The molecule has 0 saturated carbocycles. The minimum atomic E-state index is -0.412. The van der Waals surface area contributed by atoms with Crippen LogP contribution in [0.5, 0.6) is 0 Å². The lowest BCUT2D eigenvalue weighted by Crippen LogP contribution is -2.44. The first kappa shape index (κ1) is 21.9. The first-order chi connectivity index (χ1) is 16.6. The minimum absolute atomic E-state index is 0.0290. The number of nitrogens with one attached hydrogen (secondary N) is 1. The first-order valence-corrected chi connectivity index (χ1v) is 11.4. The molecule has 4 aromatic rings. The molecule has 1 saturated heterocycles. The zero-order valence-electron chi connectivity index (χ0n) is 18.7. The molecule has 0 spiro atoms. The van der Waals surface area contributed by atoms with Crippen molar-refractivity contribution in [3.8, 4) is 0 Å². The fourth-order valence-electron chi connectivity index (χ4n) is 4.62. The highest BCUT2D eigenvalue weighted by atomic mass is 16.6. The van der Waals surface area contributed by atoms with Gasteiger partial charge in [-0.1, -0.05) is 42.5 Å². The number of amides is 1. The van der Waals surface area contributed by atoms with Gasteiger partial charge in [-0.05, 0) is 24.0 Å². The molecule has 0 radical (unpaired) electrons. The summed E-state index contributed by atoms with van der Waals surface area (Å²) in [7, 11) is 0. The molecule has 174 valence electrons. The number of fused-ring (bicyclic) bond motifs is 1. The number of rotatable bonds is 7. The van der Waals surface area contributed by atoms with Crippen LogP contribution in [0.2, 0.25) is 0 Å². The summed E-state index contributed by atoms with van der Waals surface area (Å²) in [6.07, 6.45) is 3.36. The maximum absolute atomic E-state index is 13.2. The van der Waals surface area contributed by atoms with Crippen LogP contribution < -0.4 is 5.32 Å². The lowest BCUT2D eigenvalue weighted by molar-refractivity contribution is -0.384. The number of hydrogen-bond donors (Lipinski definition) is 1. The molecule has 34 heavy (non-hydrogen) atoms. The summed E-state index contributed by atoms with van der Waals surface area (Å²) in [5.74, 6) is -0.154. The van der Waals surface area contributed by atoms with E-state index in [2.05, 4.69) is 34.5 Å². The van der Waals surface area contributed by atoms with E-state index in [0.717, 1.165) is 43.6 Å². The van der Waals surface area contributed by atoms with E-state index in [0.29, 0.717) is 17.8 Å². The van der Waals surface area contributed by atoms with E-state index in [4.69, 9.17) is 4.42 Å². The van der Waals surface area contributed by atoms with Gasteiger partial charge < -0.3 is 14.3 Å². The molecule has 1 fully saturated rings. The Bertz CT molecular complexity index is 1300. The van der Waals surface area contributed by atoms with Gasteiger partial charge in [-0.15, -0.1) is 0 Å². The Morgan fingerprint density at radius 2 is 1.76 bits per heavy atom. The monoisotopic (exact) mass is 458 g/mol. The second-order valence-corrected chi connectivity index (χ2v) is 8.72. The zero-order chi connectivity index (χ0) is 23.5. The van der Waals surface area contributed by atoms with Crippen LogP contribution in [0.1, 0.15) is 34.5 Å². The molecule has 8 nitrogen and oxygen atoms in total. The average molecular weight is 459 g/mol. The first-order valence-electron chi connectivity index (χ1n) is 11.4. The summed E-state index contributed by atoms with van der Waals surface area (Å²) < 4.78 is 7.39. The highest BCUT2D eigenvalue weighted by Crippen LogP contribution is 2.24. The smallest absolute Gasteiger partial charge is 0.269 e. The van der Waals surface area contributed by atoms with Gasteiger partial charge in [0.2, 0.25) is 0 Å². The number of nitro benzene ring substituents is 1. The number of benzene rings is 2. The molecule has 0 unspecified atom stereocenters. The normalized spacial score (nSPS) is 14.9. The average Bonchev–Trinajstić information content (AvgIpc) is 3.44. The maximum atomic E-state index is 13.2. The van der Waals surface area contributed by atoms with E-state index in [-0.39, 0.29) is 17.6 Å². The predicted octanol–water partition coefficient (Wildman–Crippen LogP) is 4.59. The van der Waals surface area contributed by atoms with Gasteiger partial charge in [0.05, 0.1) is 16.7 Å². The van der Waals surface area contributed by atoms with Crippen molar-refractivity contribution in [3.63, 3.8) is 0 Å². The van der Waals surface area contributed by atoms with Crippen molar-refractivity contribution in [2.75, 3.05) is 13.1 Å². The number of furan rings is 1. The van der Waals surface area contributed by atoms with E-state index >= 15 is 0 Å². The van der Waals surface area contributed by atoms with Crippen LogP contribution in [0.3, 0.4) is 0 Å². The predicted molar refractivity (Wildman–Crippen MR) is 129 cm³/mol. The molecule has 1 N–H and O–H groups in total. The number of likely N-dealkylation sites (tertiary alicyclic amines) is 1. The highest BCUT2D eigenvalue weighted by Gasteiger charge is 2.24. The number of piperidine rings is 1. The Labute approximate surface area is 196 Å². The van der Waals surface area contributed by atoms with Crippen molar-refractivity contribution in [2.45, 2.75) is 32.0 Å².